The fourth-order valence-corrected chi connectivity index (χ4v) is 2.02. The summed E-state index contributed by atoms with van der Waals surface area (Å²) in [5, 5.41) is 6.38. The van der Waals surface area contributed by atoms with Crippen LogP contribution < -0.4 is 10.6 Å². The zero-order valence-electron chi connectivity index (χ0n) is 14.1. The van der Waals surface area contributed by atoms with E-state index in [2.05, 4.69) is 20.4 Å². The van der Waals surface area contributed by atoms with Crippen LogP contribution in [0.15, 0.2) is 23.2 Å². The molecule has 0 aliphatic rings. The number of guanidine groups is 1. The Morgan fingerprint density at radius 1 is 1.30 bits per heavy atom. The van der Waals surface area contributed by atoms with Crippen molar-refractivity contribution in [1.29, 1.82) is 0 Å². The molecule has 6 heteroatoms. The van der Waals surface area contributed by atoms with E-state index in [0.717, 1.165) is 31.5 Å². The van der Waals surface area contributed by atoms with Gasteiger partial charge in [-0.05, 0) is 43.9 Å². The van der Waals surface area contributed by atoms with Gasteiger partial charge in [0.15, 0.2) is 5.96 Å². The summed E-state index contributed by atoms with van der Waals surface area (Å²) in [7, 11) is 1.40. The third-order valence-electron chi connectivity index (χ3n) is 3.31. The van der Waals surface area contributed by atoms with Gasteiger partial charge < -0.3 is 15.4 Å². The molecule has 0 saturated heterocycles. The molecule has 0 unspecified atom stereocenters. The molecule has 0 atom stereocenters. The van der Waals surface area contributed by atoms with Crippen LogP contribution in [-0.4, -0.2) is 32.1 Å². The molecule has 0 spiro atoms. The Balaban J connectivity index is 2.43. The lowest BCUT2D eigenvalue weighted by atomic mass is 10.1. The average Bonchev–Trinajstić information content (AvgIpc) is 2.54. The van der Waals surface area contributed by atoms with Gasteiger partial charge in [-0.2, -0.15) is 0 Å². The van der Waals surface area contributed by atoms with Gasteiger partial charge in [-0.25, -0.2) is 9.38 Å². The van der Waals surface area contributed by atoms with Crippen molar-refractivity contribution >= 4 is 11.9 Å². The quantitative estimate of drug-likeness (QED) is 0.334. The van der Waals surface area contributed by atoms with Gasteiger partial charge in [0.2, 0.25) is 0 Å². The number of unbranched alkanes of at least 4 members (excludes halogenated alkanes) is 1. The molecule has 1 aromatic rings. The van der Waals surface area contributed by atoms with E-state index in [1.165, 1.54) is 13.2 Å². The predicted octanol–water partition coefficient (Wildman–Crippen LogP) is 2.53. The summed E-state index contributed by atoms with van der Waals surface area (Å²) in [6.45, 7) is 5.71. The third-order valence-corrected chi connectivity index (χ3v) is 3.31. The number of nitrogens with one attached hydrogen (secondary N) is 2. The van der Waals surface area contributed by atoms with Crippen molar-refractivity contribution < 1.29 is 13.9 Å². The molecule has 0 amide bonds. The molecule has 1 rings (SSSR count). The Morgan fingerprint density at radius 3 is 2.74 bits per heavy atom. The number of aliphatic imine (C=N–C) groups is 1. The number of rotatable bonds is 8. The SMILES string of the molecule is CCNC(=NCc1ccc(F)c(C)c1)NCCCCC(=O)OC. The van der Waals surface area contributed by atoms with Crippen LogP contribution in [0.5, 0.6) is 0 Å². The predicted molar refractivity (Wildman–Crippen MR) is 89.8 cm³/mol. The lowest BCUT2D eigenvalue weighted by Crippen LogP contribution is -2.37. The Hall–Kier alpha value is -2.11. The summed E-state index contributed by atoms with van der Waals surface area (Å²) in [4.78, 5) is 15.5. The van der Waals surface area contributed by atoms with Crippen LogP contribution in [0.2, 0.25) is 0 Å². The number of hydrogen-bond donors (Lipinski definition) is 2. The number of hydrogen-bond acceptors (Lipinski definition) is 3. The van der Waals surface area contributed by atoms with Crippen LogP contribution in [0.1, 0.15) is 37.3 Å². The summed E-state index contributed by atoms with van der Waals surface area (Å²) >= 11 is 0. The van der Waals surface area contributed by atoms with Crippen LogP contribution in [0.25, 0.3) is 0 Å². The van der Waals surface area contributed by atoms with Crippen LogP contribution >= 0.6 is 0 Å². The molecular weight excluding hydrogens is 297 g/mol. The van der Waals surface area contributed by atoms with Gasteiger partial charge in [0.25, 0.3) is 0 Å². The molecule has 0 saturated carbocycles. The summed E-state index contributed by atoms with van der Waals surface area (Å²) in [5.41, 5.74) is 1.59. The Morgan fingerprint density at radius 2 is 2.09 bits per heavy atom. The first-order chi connectivity index (χ1) is 11.1. The topological polar surface area (TPSA) is 62.7 Å². The number of methoxy groups -OCH3 is 1. The molecule has 0 aliphatic carbocycles. The van der Waals surface area contributed by atoms with Crippen molar-refractivity contribution in [3.63, 3.8) is 0 Å². The fraction of sp³-hybridized carbons (Fsp3) is 0.529. The number of ether oxygens (including phenoxy) is 1. The number of halogens is 1. The highest BCUT2D eigenvalue weighted by Crippen LogP contribution is 2.10. The maximum Gasteiger partial charge on any atom is 0.305 e. The van der Waals surface area contributed by atoms with E-state index in [1.807, 2.05) is 6.92 Å². The first-order valence-corrected chi connectivity index (χ1v) is 7.90. The number of carbonyl (C=O) groups excluding carboxylic acids is 1. The number of aryl methyl sites for hydroxylation is 1. The Kier molecular flexibility index (Phi) is 8.72. The summed E-state index contributed by atoms with van der Waals surface area (Å²) in [6.07, 6.45) is 2.06. The molecule has 23 heavy (non-hydrogen) atoms. The molecular formula is C17H26FN3O2. The van der Waals surface area contributed by atoms with Crippen molar-refractivity contribution in [3.05, 3.63) is 35.1 Å². The van der Waals surface area contributed by atoms with E-state index in [4.69, 9.17) is 0 Å². The Labute approximate surface area is 137 Å². The maximum atomic E-state index is 13.2. The lowest BCUT2D eigenvalue weighted by molar-refractivity contribution is -0.140. The minimum Gasteiger partial charge on any atom is -0.469 e. The van der Waals surface area contributed by atoms with Crippen molar-refractivity contribution in [2.45, 2.75) is 39.7 Å². The zero-order valence-corrected chi connectivity index (χ0v) is 14.1. The Bertz CT molecular complexity index is 533. The van der Waals surface area contributed by atoms with Gasteiger partial charge in [0.1, 0.15) is 5.82 Å². The van der Waals surface area contributed by atoms with Crippen molar-refractivity contribution in [2.24, 2.45) is 4.99 Å². The number of nitrogens with zero attached hydrogens (tertiary/aromatic N) is 1. The van der Waals surface area contributed by atoms with E-state index >= 15 is 0 Å². The minimum atomic E-state index is -0.201. The highest BCUT2D eigenvalue weighted by molar-refractivity contribution is 5.79. The fourth-order valence-electron chi connectivity index (χ4n) is 2.02. The van der Waals surface area contributed by atoms with Crippen LogP contribution in [0, 0.1) is 12.7 Å². The lowest BCUT2D eigenvalue weighted by Gasteiger charge is -2.11. The van der Waals surface area contributed by atoms with Gasteiger partial charge in [0, 0.05) is 19.5 Å². The summed E-state index contributed by atoms with van der Waals surface area (Å²) in [6, 6.07) is 5.01. The molecule has 5 nitrogen and oxygen atoms in total. The van der Waals surface area contributed by atoms with E-state index in [9.17, 15) is 9.18 Å². The van der Waals surface area contributed by atoms with Crippen molar-refractivity contribution in [3.8, 4) is 0 Å². The second-order valence-electron chi connectivity index (χ2n) is 5.24. The molecule has 0 bridgehead atoms. The number of benzene rings is 1. The molecule has 128 valence electrons. The molecule has 0 aliphatic heterocycles. The van der Waals surface area contributed by atoms with Crippen LogP contribution in [-0.2, 0) is 16.1 Å². The molecule has 0 radical (unpaired) electrons. The zero-order chi connectivity index (χ0) is 17.1. The monoisotopic (exact) mass is 323 g/mol. The molecule has 0 fully saturated rings. The molecule has 1 aromatic carbocycles. The number of carbonyl (C=O) groups is 1. The normalized spacial score (nSPS) is 11.2. The first kappa shape index (κ1) is 18.9. The van der Waals surface area contributed by atoms with Gasteiger partial charge in [-0.3, -0.25) is 4.79 Å². The smallest absolute Gasteiger partial charge is 0.305 e. The second-order valence-corrected chi connectivity index (χ2v) is 5.24. The summed E-state index contributed by atoms with van der Waals surface area (Å²) < 4.78 is 17.8. The third kappa shape index (κ3) is 7.63. The maximum absolute atomic E-state index is 13.2. The van der Waals surface area contributed by atoms with Crippen molar-refractivity contribution in [1.82, 2.24) is 10.6 Å². The van der Waals surface area contributed by atoms with E-state index in [0.29, 0.717) is 24.5 Å². The highest BCUT2D eigenvalue weighted by Gasteiger charge is 2.02. The average molecular weight is 323 g/mol. The standard InChI is InChI=1S/C17H26FN3O2/c1-4-19-17(20-10-6-5-7-16(22)23-3)21-12-14-8-9-15(18)13(2)11-14/h8-9,11H,4-7,10,12H2,1-3H3,(H2,19,20,21). The van der Waals surface area contributed by atoms with Gasteiger partial charge in [-0.15, -0.1) is 0 Å². The van der Waals surface area contributed by atoms with Gasteiger partial charge in [-0.1, -0.05) is 12.1 Å². The van der Waals surface area contributed by atoms with Crippen molar-refractivity contribution in [2.75, 3.05) is 20.2 Å². The second kappa shape index (κ2) is 10.6. The van der Waals surface area contributed by atoms with E-state index in [1.54, 1.807) is 19.1 Å². The van der Waals surface area contributed by atoms with Gasteiger partial charge in [0.05, 0.1) is 13.7 Å². The largest absolute Gasteiger partial charge is 0.469 e. The first-order valence-electron chi connectivity index (χ1n) is 7.90. The van der Waals surface area contributed by atoms with Gasteiger partial charge >= 0.3 is 5.97 Å². The van der Waals surface area contributed by atoms with E-state index < -0.39 is 0 Å². The number of esters is 1. The highest BCUT2D eigenvalue weighted by atomic mass is 19.1. The molecule has 0 heterocycles. The van der Waals surface area contributed by atoms with Crippen LogP contribution in [0.3, 0.4) is 0 Å². The molecule has 2 N–H and O–H groups in total. The molecule has 0 aromatic heterocycles. The minimum absolute atomic E-state index is 0.183. The van der Waals surface area contributed by atoms with Crippen LogP contribution in [0.4, 0.5) is 4.39 Å². The van der Waals surface area contributed by atoms with E-state index in [-0.39, 0.29) is 11.8 Å². The summed E-state index contributed by atoms with van der Waals surface area (Å²) in [5.74, 6) is 0.332.